The van der Waals surface area contributed by atoms with Crippen molar-refractivity contribution in [1.82, 2.24) is 20.4 Å². The minimum Gasteiger partial charge on any atom is -0.406 e. The lowest BCUT2D eigenvalue weighted by atomic mass is 10.2. The topological polar surface area (TPSA) is 76.4 Å². The van der Waals surface area contributed by atoms with Crippen molar-refractivity contribution in [3.8, 4) is 11.4 Å². The van der Waals surface area contributed by atoms with Crippen LogP contribution < -0.4 is 15.5 Å². The summed E-state index contributed by atoms with van der Waals surface area (Å²) in [4.78, 5) is 0. The maximum atomic E-state index is 12.3. The van der Waals surface area contributed by atoms with E-state index >= 15 is 0 Å². The van der Waals surface area contributed by atoms with Gasteiger partial charge in [0.25, 0.3) is 0 Å². The quantitative estimate of drug-likeness (QED) is 0.356. The standard InChI is InChI=1S/C19H17F3N6OS/c1-12(24-26-18(30)23-14-6-4-3-5-7-14)17-13(2)28(27-25-17)15-8-10-16(11-9-15)29-19(20,21)22/h3-11H,1-2H3,(H2,23,26,30)/b24-12-. The van der Waals surface area contributed by atoms with E-state index in [1.807, 2.05) is 30.3 Å². The number of benzene rings is 2. The van der Waals surface area contributed by atoms with Crippen molar-refractivity contribution in [3.05, 3.63) is 66.0 Å². The fourth-order valence-corrected chi connectivity index (χ4v) is 2.73. The first-order valence-corrected chi connectivity index (χ1v) is 9.09. The maximum absolute atomic E-state index is 12.3. The Balaban J connectivity index is 1.69. The number of hydrazone groups is 1. The molecule has 0 bridgehead atoms. The molecule has 0 amide bonds. The molecule has 0 atom stereocenters. The summed E-state index contributed by atoms with van der Waals surface area (Å²) in [6.07, 6.45) is -4.74. The van der Waals surface area contributed by atoms with Crippen molar-refractivity contribution in [3.63, 3.8) is 0 Å². The average molecular weight is 434 g/mol. The Morgan fingerprint density at radius 2 is 1.77 bits per heavy atom. The largest absolute Gasteiger partial charge is 0.573 e. The van der Waals surface area contributed by atoms with E-state index in [-0.39, 0.29) is 5.75 Å². The number of anilines is 1. The van der Waals surface area contributed by atoms with Crippen LogP contribution in [0.4, 0.5) is 18.9 Å². The van der Waals surface area contributed by atoms with Gasteiger partial charge >= 0.3 is 6.36 Å². The van der Waals surface area contributed by atoms with Gasteiger partial charge in [-0.15, -0.1) is 18.3 Å². The van der Waals surface area contributed by atoms with E-state index in [2.05, 4.69) is 30.9 Å². The molecule has 1 aromatic heterocycles. The first-order valence-electron chi connectivity index (χ1n) is 8.68. The molecule has 0 unspecified atom stereocenters. The number of hydrogen-bond acceptors (Lipinski definition) is 5. The van der Waals surface area contributed by atoms with Crippen LogP contribution in [0.15, 0.2) is 59.7 Å². The molecule has 0 aliphatic rings. The van der Waals surface area contributed by atoms with Gasteiger partial charge in [-0.2, -0.15) is 5.10 Å². The van der Waals surface area contributed by atoms with Crippen molar-refractivity contribution in [1.29, 1.82) is 0 Å². The number of nitrogens with zero attached hydrogens (tertiary/aromatic N) is 4. The second-order valence-electron chi connectivity index (χ2n) is 6.11. The minimum absolute atomic E-state index is 0.311. The van der Waals surface area contributed by atoms with Gasteiger partial charge in [-0.05, 0) is 62.5 Å². The van der Waals surface area contributed by atoms with Crippen LogP contribution in [-0.2, 0) is 0 Å². The highest BCUT2D eigenvalue weighted by molar-refractivity contribution is 7.80. The SMILES string of the molecule is C/C(=N/NC(=S)Nc1ccccc1)c1nnn(-c2ccc(OC(F)(F)F)cc2)c1C. The molecule has 0 radical (unpaired) electrons. The first-order chi connectivity index (χ1) is 14.2. The number of thiocarbonyl (C=S) groups is 1. The molecule has 7 nitrogen and oxygen atoms in total. The van der Waals surface area contributed by atoms with Crippen molar-refractivity contribution >= 4 is 28.7 Å². The highest BCUT2D eigenvalue weighted by Crippen LogP contribution is 2.24. The predicted octanol–water partition coefficient (Wildman–Crippen LogP) is 4.18. The molecule has 11 heteroatoms. The number of hydrogen-bond donors (Lipinski definition) is 2. The summed E-state index contributed by atoms with van der Waals surface area (Å²) >= 11 is 5.21. The summed E-state index contributed by atoms with van der Waals surface area (Å²) < 4.78 is 42.2. The number of nitrogens with one attached hydrogen (secondary N) is 2. The zero-order chi connectivity index (χ0) is 21.7. The monoisotopic (exact) mass is 434 g/mol. The summed E-state index contributed by atoms with van der Waals surface area (Å²) in [5.74, 6) is -0.314. The van der Waals surface area contributed by atoms with Crippen LogP contribution in [0, 0.1) is 6.92 Å². The number of ether oxygens (including phenoxy) is 1. The molecular weight excluding hydrogens is 417 g/mol. The van der Waals surface area contributed by atoms with Gasteiger partial charge in [0.2, 0.25) is 0 Å². The average Bonchev–Trinajstić information content (AvgIpc) is 3.08. The summed E-state index contributed by atoms with van der Waals surface area (Å²) in [7, 11) is 0. The molecule has 0 fully saturated rings. The number of rotatable bonds is 5. The maximum Gasteiger partial charge on any atom is 0.573 e. The van der Waals surface area contributed by atoms with Crippen LogP contribution in [0.1, 0.15) is 18.3 Å². The van der Waals surface area contributed by atoms with Crippen molar-refractivity contribution in [2.75, 3.05) is 5.32 Å². The minimum atomic E-state index is -4.74. The zero-order valence-electron chi connectivity index (χ0n) is 15.9. The third kappa shape index (κ3) is 5.54. The van der Waals surface area contributed by atoms with Gasteiger partial charge in [0, 0.05) is 5.69 Å². The number of aromatic nitrogens is 3. The van der Waals surface area contributed by atoms with E-state index in [0.29, 0.717) is 27.9 Å². The van der Waals surface area contributed by atoms with Crippen molar-refractivity contribution in [2.24, 2.45) is 5.10 Å². The fourth-order valence-electron chi connectivity index (χ4n) is 2.57. The fraction of sp³-hybridized carbons (Fsp3) is 0.158. The summed E-state index contributed by atoms with van der Waals surface area (Å²) in [5.41, 5.74) is 5.80. The number of alkyl halides is 3. The molecule has 3 rings (SSSR count). The molecule has 0 aliphatic heterocycles. The van der Waals surface area contributed by atoms with E-state index in [0.717, 1.165) is 5.69 Å². The smallest absolute Gasteiger partial charge is 0.406 e. The molecular formula is C19H17F3N6OS. The van der Waals surface area contributed by atoms with Gasteiger partial charge in [0.05, 0.1) is 17.1 Å². The Kier molecular flexibility index (Phi) is 6.31. The molecule has 1 heterocycles. The van der Waals surface area contributed by atoms with Crippen LogP contribution in [-0.4, -0.2) is 32.2 Å². The lowest BCUT2D eigenvalue weighted by molar-refractivity contribution is -0.274. The van der Waals surface area contributed by atoms with Crippen molar-refractivity contribution in [2.45, 2.75) is 20.2 Å². The number of halogens is 3. The van der Waals surface area contributed by atoms with E-state index in [1.165, 1.54) is 28.9 Å². The molecule has 30 heavy (non-hydrogen) atoms. The predicted molar refractivity (Wildman–Crippen MR) is 111 cm³/mol. The van der Waals surface area contributed by atoms with Crippen LogP contribution in [0.3, 0.4) is 0 Å². The Morgan fingerprint density at radius 3 is 2.40 bits per heavy atom. The van der Waals surface area contributed by atoms with Gasteiger partial charge < -0.3 is 10.1 Å². The molecule has 2 aromatic carbocycles. The Hall–Kier alpha value is -3.47. The molecule has 3 aromatic rings. The van der Waals surface area contributed by atoms with Crippen LogP contribution in [0.25, 0.3) is 5.69 Å². The molecule has 2 N–H and O–H groups in total. The first kappa shape index (κ1) is 21.2. The molecule has 156 valence electrons. The second-order valence-corrected chi connectivity index (χ2v) is 6.51. The second kappa shape index (κ2) is 8.91. The van der Waals surface area contributed by atoms with Crippen molar-refractivity contribution < 1.29 is 17.9 Å². The van der Waals surface area contributed by atoms with Gasteiger partial charge in [-0.1, -0.05) is 23.4 Å². The third-order valence-corrected chi connectivity index (χ3v) is 4.10. The van der Waals surface area contributed by atoms with E-state index < -0.39 is 6.36 Å². The Bertz CT molecular complexity index is 1050. The van der Waals surface area contributed by atoms with Crippen LogP contribution >= 0.6 is 12.2 Å². The van der Waals surface area contributed by atoms with Gasteiger partial charge in [0.15, 0.2) is 5.11 Å². The van der Waals surface area contributed by atoms with Crippen LogP contribution in [0.2, 0.25) is 0 Å². The highest BCUT2D eigenvalue weighted by atomic mass is 32.1. The number of para-hydroxylation sites is 1. The zero-order valence-corrected chi connectivity index (χ0v) is 16.8. The molecule has 0 spiro atoms. The summed E-state index contributed by atoms with van der Waals surface area (Å²) in [6, 6.07) is 14.7. The van der Waals surface area contributed by atoms with E-state index in [4.69, 9.17) is 12.2 Å². The lowest BCUT2D eigenvalue weighted by Gasteiger charge is -2.10. The van der Waals surface area contributed by atoms with Gasteiger partial charge in [0.1, 0.15) is 11.4 Å². The van der Waals surface area contributed by atoms with Gasteiger partial charge in [-0.3, -0.25) is 5.43 Å². The van der Waals surface area contributed by atoms with E-state index in [9.17, 15) is 13.2 Å². The molecule has 0 saturated carbocycles. The Labute approximate surface area is 175 Å². The third-order valence-electron chi connectivity index (χ3n) is 3.91. The van der Waals surface area contributed by atoms with Crippen LogP contribution in [0.5, 0.6) is 5.75 Å². The molecule has 0 saturated heterocycles. The normalized spacial score (nSPS) is 11.8. The summed E-state index contributed by atoms with van der Waals surface area (Å²) in [6.45, 7) is 3.51. The molecule has 0 aliphatic carbocycles. The lowest BCUT2D eigenvalue weighted by Crippen LogP contribution is -2.25. The Morgan fingerprint density at radius 1 is 1.10 bits per heavy atom. The summed E-state index contributed by atoms with van der Waals surface area (Å²) in [5, 5.41) is 15.7. The van der Waals surface area contributed by atoms with Gasteiger partial charge in [-0.25, -0.2) is 4.68 Å². The van der Waals surface area contributed by atoms with E-state index in [1.54, 1.807) is 13.8 Å². The highest BCUT2D eigenvalue weighted by Gasteiger charge is 2.31.